The standard InChI is InChI=1S/C7H13NOS/c1-5-3-4-9-7(10)8-6(5)2/h5-6H,3-4H2,1-2H3,(H,8,10). The second-order valence-corrected chi connectivity index (χ2v) is 3.21. The molecule has 0 spiro atoms. The van der Waals surface area contributed by atoms with E-state index in [0.29, 0.717) is 17.1 Å². The van der Waals surface area contributed by atoms with E-state index < -0.39 is 0 Å². The molecule has 1 heterocycles. The third-order valence-corrected chi connectivity index (χ3v) is 2.24. The zero-order valence-corrected chi connectivity index (χ0v) is 7.20. The van der Waals surface area contributed by atoms with E-state index in [4.69, 9.17) is 17.0 Å². The van der Waals surface area contributed by atoms with Crippen molar-refractivity contribution >= 4 is 17.4 Å². The lowest BCUT2D eigenvalue weighted by atomic mass is 10.0. The minimum atomic E-state index is 0.454. The first-order valence-electron chi connectivity index (χ1n) is 3.63. The molecule has 2 unspecified atom stereocenters. The summed E-state index contributed by atoms with van der Waals surface area (Å²) in [6.45, 7) is 5.10. The molecule has 1 saturated heterocycles. The molecule has 10 heavy (non-hydrogen) atoms. The van der Waals surface area contributed by atoms with Crippen molar-refractivity contribution in [3.05, 3.63) is 0 Å². The van der Waals surface area contributed by atoms with Gasteiger partial charge in [0.1, 0.15) is 0 Å². The van der Waals surface area contributed by atoms with Crippen molar-refractivity contribution in [3.63, 3.8) is 0 Å². The van der Waals surface area contributed by atoms with Crippen LogP contribution in [0.2, 0.25) is 0 Å². The monoisotopic (exact) mass is 159 g/mol. The molecule has 1 rings (SSSR count). The summed E-state index contributed by atoms with van der Waals surface area (Å²) in [7, 11) is 0. The SMILES string of the molecule is CC1CCOC(=S)NC1C. The normalized spacial score (nSPS) is 34.0. The van der Waals surface area contributed by atoms with Gasteiger partial charge in [0.05, 0.1) is 6.61 Å². The Morgan fingerprint density at radius 3 is 3.00 bits per heavy atom. The van der Waals surface area contributed by atoms with Crippen LogP contribution in [0.25, 0.3) is 0 Å². The molecule has 0 aromatic heterocycles. The van der Waals surface area contributed by atoms with Crippen LogP contribution < -0.4 is 5.32 Å². The summed E-state index contributed by atoms with van der Waals surface area (Å²) in [5.41, 5.74) is 0. The first-order valence-corrected chi connectivity index (χ1v) is 4.04. The Kier molecular flexibility index (Phi) is 2.49. The maximum atomic E-state index is 5.16. The molecule has 0 amide bonds. The molecule has 0 bridgehead atoms. The van der Waals surface area contributed by atoms with Crippen molar-refractivity contribution in [2.24, 2.45) is 5.92 Å². The van der Waals surface area contributed by atoms with Gasteiger partial charge in [-0.05, 0) is 31.5 Å². The molecule has 0 aromatic rings. The molecule has 2 atom stereocenters. The van der Waals surface area contributed by atoms with Crippen LogP contribution in [0.4, 0.5) is 0 Å². The maximum Gasteiger partial charge on any atom is 0.256 e. The third-order valence-electron chi connectivity index (χ3n) is 2.01. The van der Waals surface area contributed by atoms with E-state index in [2.05, 4.69) is 19.2 Å². The van der Waals surface area contributed by atoms with E-state index in [1.165, 1.54) is 0 Å². The molecule has 0 saturated carbocycles. The number of hydrogen-bond acceptors (Lipinski definition) is 2. The average molecular weight is 159 g/mol. The topological polar surface area (TPSA) is 21.3 Å². The highest BCUT2D eigenvalue weighted by Crippen LogP contribution is 2.11. The molecule has 1 aliphatic heterocycles. The van der Waals surface area contributed by atoms with Crippen LogP contribution >= 0.6 is 12.2 Å². The zero-order chi connectivity index (χ0) is 7.56. The van der Waals surface area contributed by atoms with Gasteiger partial charge in [0.15, 0.2) is 0 Å². The van der Waals surface area contributed by atoms with Crippen molar-refractivity contribution in [2.45, 2.75) is 26.3 Å². The first-order chi connectivity index (χ1) is 4.70. The molecule has 0 aliphatic carbocycles. The number of nitrogens with one attached hydrogen (secondary N) is 1. The van der Waals surface area contributed by atoms with Crippen molar-refractivity contribution in [1.82, 2.24) is 5.32 Å². The highest BCUT2D eigenvalue weighted by Gasteiger charge is 2.17. The van der Waals surface area contributed by atoms with Crippen molar-refractivity contribution in [3.8, 4) is 0 Å². The van der Waals surface area contributed by atoms with Crippen molar-refractivity contribution < 1.29 is 4.74 Å². The highest BCUT2D eigenvalue weighted by molar-refractivity contribution is 7.80. The lowest BCUT2D eigenvalue weighted by Crippen LogP contribution is -2.33. The predicted molar refractivity (Wildman–Crippen MR) is 44.9 cm³/mol. The molecule has 1 fully saturated rings. The van der Waals surface area contributed by atoms with Crippen LogP contribution in [-0.2, 0) is 4.74 Å². The quantitative estimate of drug-likeness (QED) is 0.538. The molecule has 1 N–H and O–H groups in total. The van der Waals surface area contributed by atoms with Gasteiger partial charge in [-0.3, -0.25) is 0 Å². The molecular weight excluding hydrogens is 146 g/mol. The van der Waals surface area contributed by atoms with Gasteiger partial charge in [-0.2, -0.15) is 0 Å². The molecule has 0 radical (unpaired) electrons. The molecule has 3 heteroatoms. The fraction of sp³-hybridized carbons (Fsp3) is 0.857. The van der Waals surface area contributed by atoms with Gasteiger partial charge in [0, 0.05) is 6.04 Å². The lowest BCUT2D eigenvalue weighted by molar-refractivity contribution is 0.291. The summed E-state index contributed by atoms with van der Waals surface area (Å²) in [5.74, 6) is 0.653. The second-order valence-electron chi connectivity index (χ2n) is 2.83. The maximum absolute atomic E-state index is 5.16. The minimum Gasteiger partial charge on any atom is -0.471 e. The van der Waals surface area contributed by atoms with E-state index >= 15 is 0 Å². The number of hydrogen-bond donors (Lipinski definition) is 1. The summed E-state index contributed by atoms with van der Waals surface area (Å²) in [5, 5.41) is 3.65. The Morgan fingerprint density at radius 2 is 2.30 bits per heavy atom. The Bertz CT molecular complexity index is 138. The average Bonchev–Trinajstić information content (AvgIpc) is 1.96. The Labute approximate surface area is 66.9 Å². The summed E-state index contributed by atoms with van der Waals surface area (Å²) in [6, 6.07) is 0.454. The number of rotatable bonds is 0. The Hall–Kier alpha value is -0.310. The van der Waals surface area contributed by atoms with E-state index in [1.807, 2.05) is 0 Å². The van der Waals surface area contributed by atoms with Crippen molar-refractivity contribution in [2.75, 3.05) is 6.61 Å². The van der Waals surface area contributed by atoms with Crippen LogP contribution in [0, 0.1) is 5.92 Å². The fourth-order valence-electron chi connectivity index (χ4n) is 0.957. The van der Waals surface area contributed by atoms with Gasteiger partial charge in [0.2, 0.25) is 0 Å². The molecule has 0 aromatic carbocycles. The predicted octanol–water partition coefficient (Wildman–Crippen LogP) is 1.31. The molecular formula is C7H13NOS. The molecule has 58 valence electrons. The fourth-order valence-corrected chi connectivity index (χ4v) is 1.23. The number of thiocarbonyl (C=S) groups is 1. The van der Waals surface area contributed by atoms with Gasteiger partial charge >= 0.3 is 0 Å². The Morgan fingerprint density at radius 1 is 1.60 bits per heavy atom. The second kappa shape index (κ2) is 3.19. The van der Waals surface area contributed by atoms with Crippen LogP contribution in [0.3, 0.4) is 0 Å². The molecule has 2 nitrogen and oxygen atoms in total. The van der Waals surface area contributed by atoms with Gasteiger partial charge in [0.25, 0.3) is 5.17 Å². The van der Waals surface area contributed by atoms with Crippen LogP contribution in [0.1, 0.15) is 20.3 Å². The summed E-state index contributed by atoms with van der Waals surface area (Å²) >= 11 is 4.89. The van der Waals surface area contributed by atoms with E-state index in [9.17, 15) is 0 Å². The minimum absolute atomic E-state index is 0.454. The first kappa shape index (κ1) is 7.79. The van der Waals surface area contributed by atoms with Gasteiger partial charge < -0.3 is 10.1 Å². The zero-order valence-electron chi connectivity index (χ0n) is 6.39. The molecule has 1 aliphatic rings. The van der Waals surface area contributed by atoms with Gasteiger partial charge in [-0.15, -0.1) is 0 Å². The van der Waals surface area contributed by atoms with Crippen molar-refractivity contribution in [1.29, 1.82) is 0 Å². The number of ether oxygens (including phenoxy) is 1. The summed E-state index contributed by atoms with van der Waals surface area (Å²) in [4.78, 5) is 0. The highest BCUT2D eigenvalue weighted by atomic mass is 32.1. The van der Waals surface area contributed by atoms with Crippen LogP contribution in [0.15, 0.2) is 0 Å². The largest absolute Gasteiger partial charge is 0.471 e. The lowest BCUT2D eigenvalue weighted by Gasteiger charge is -2.15. The Balaban J connectivity index is 2.49. The van der Waals surface area contributed by atoms with E-state index in [-0.39, 0.29) is 0 Å². The van der Waals surface area contributed by atoms with E-state index in [1.54, 1.807) is 0 Å². The van der Waals surface area contributed by atoms with E-state index in [0.717, 1.165) is 13.0 Å². The third kappa shape index (κ3) is 1.84. The van der Waals surface area contributed by atoms with Gasteiger partial charge in [-0.25, -0.2) is 0 Å². The van der Waals surface area contributed by atoms with Crippen LogP contribution in [-0.4, -0.2) is 17.8 Å². The van der Waals surface area contributed by atoms with Gasteiger partial charge in [-0.1, -0.05) is 6.92 Å². The summed E-state index contributed by atoms with van der Waals surface area (Å²) < 4.78 is 5.16. The van der Waals surface area contributed by atoms with Crippen LogP contribution in [0.5, 0.6) is 0 Å². The summed E-state index contributed by atoms with van der Waals surface area (Å²) in [6.07, 6.45) is 1.09. The smallest absolute Gasteiger partial charge is 0.256 e.